The van der Waals surface area contributed by atoms with Gasteiger partial charge in [-0.2, -0.15) is 9.97 Å². The Kier molecular flexibility index (Phi) is 2.73. The fraction of sp³-hybridized carbons (Fsp3) is 0. The SMILES string of the molecule is Nc1cc(Oc2cc(F)ccc2F)nc(N)n1. The Hall–Kier alpha value is -2.44. The van der Waals surface area contributed by atoms with Crippen LogP contribution in [-0.4, -0.2) is 9.97 Å². The van der Waals surface area contributed by atoms with Gasteiger partial charge in [0, 0.05) is 12.1 Å². The van der Waals surface area contributed by atoms with Crippen molar-refractivity contribution in [1.29, 1.82) is 0 Å². The molecule has 88 valence electrons. The van der Waals surface area contributed by atoms with Crippen molar-refractivity contribution < 1.29 is 13.5 Å². The highest BCUT2D eigenvalue weighted by Crippen LogP contribution is 2.24. The zero-order valence-corrected chi connectivity index (χ0v) is 8.52. The lowest BCUT2D eigenvalue weighted by Gasteiger charge is -2.06. The first-order valence-corrected chi connectivity index (χ1v) is 4.57. The minimum atomic E-state index is -0.720. The molecule has 17 heavy (non-hydrogen) atoms. The number of nitrogen functional groups attached to an aromatic ring is 2. The van der Waals surface area contributed by atoms with Crippen molar-refractivity contribution in [2.45, 2.75) is 0 Å². The topological polar surface area (TPSA) is 87.0 Å². The molecular weight excluding hydrogens is 230 g/mol. The molecule has 1 aromatic carbocycles. The van der Waals surface area contributed by atoms with Crippen LogP contribution in [0.1, 0.15) is 0 Å². The second kappa shape index (κ2) is 4.20. The lowest BCUT2D eigenvalue weighted by molar-refractivity contribution is 0.422. The van der Waals surface area contributed by atoms with Crippen LogP contribution in [-0.2, 0) is 0 Å². The van der Waals surface area contributed by atoms with Gasteiger partial charge < -0.3 is 16.2 Å². The largest absolute Gasteiger partial charge is 0.436 e. The average molecular weight is 238 g/mol. The molecule has 5 nitrogen and oxygen atoms in total. The minimum absolute atomic E-state index is 0.0560. The molecule has 0 unspecified atom stereocenters. The maximum atomic E-state index is 13.3. The summed E-state index contributed by atoms with van der Waals surface area (Å²) in [5.41, 5.74) is 10.7. The maximum Gasteiger partial charge on any atom is 0.226 e. The van der Waals surface area contributed by atoms with Crippen LogP contribution in [0, 0.1) is 11.6 Å². The van der Waals surface area contributed by atoms with Crippen molar-refractivity contribution in [3.63, 3.8) is 0 Å². The molecule has 7 heteroatoms. The minimum Gasteiger partial charge on any atom is -0.436 e. The predicted molar refractivity (Wildman–Crippen MR) is 57.3 cm³/mol. The third-order valence-electron chi connectivity index (χ3n) is 1.85. The predicted octanol–water partition coefficient (Wildman–Crippen LogP) is 1.71. The van der Waals surface area contributed by atoms with Crippen LogP contribution < -0.4 is 16.2 Å². The summed E-state index contributed by atoms with van der Waals surface area (Å²) in [5, 5.41) is 0. The van der Waals surface area contributed by atoms with Crippen LogP contribution in [0.25, 0.3) is 0 Å². The molecule has 0 radical (unpaired) electrons. The molecule has 0 saturated heterocycles. The van der Waals surface area contributed by atoms with E-state index in [2.05, 4.69) is 9.97 Å². The summed E-state index contributed by atoms with van der Waals surface area (Å²) in [4.78, 5) is 7.29. The number of anilines is 2. The number of halogens is 2. The van der Waals surface area contributed by atoms with Gasteiger partial charge in [0.2, 0.25) is 11.8 Å². The second-order valence-corrected chi connectivity index (χ2v) is 3.17. The van der Waals surface area contributed by atoms with Gasteiger partial charge in [-0.1, -0.05) is 0 Å². The summed E-state index contributed by atoms with van der Waals surface area (Å²) < 4.78 is 31.2. The van der Waals surface area contributed by atoms with Crippen molar-refractivity contribution in [3.8, 4) is 11.6 Å². The van der Waals surface area contributed by atoms with E-state index in [9.17, 15) is 8.78 Å². The van der Waals surface area contributed by atoms with E-state index in [1.54, 1.807) is 0 Å². The first-order valence-electron chi connectivity index (χ1n) is 4.57. The van der Waals surface area contributed by atoms with Crippen LogP contribution in [0.2, 0.25) is 0 Å². The Bertz CT molecular complexity index is 542. The summed E-state index contributed by atoms with van der Waals surface area (Å²) in [7, 11) is 0. The van der Waals surface area contributed by atoms with Gasteiger partial charge in [-0.25, -0.2) is 8.78 Å². The van der Waals surface area contributed by atoms with Gasteiger partial charge >= 0.3 is 0 Å². The van der Waals surface area contributed by atoms with E-state index in [1.165, 1.54) is 6.07 Å². The van der Waals surface area contributed by atoms with Gasteiger partial charge in [0.15, 0.2) is 11.6 Å². The molecule has 4 N–H and O–H groups in total. The first kappa shape index (κ1) is 11.1. The van der Waals surface area contributed by atoms with Crippen molar-refractivity contribution in [3.05, 3.63) is 35.9 Å². The lowest BCUT2D eigenvalue weighted by Crippen LogP contribution is -2.01. The Morgan fingerprint density at radius 3 is 2.53 bits per heavy atom. The van der Waals surface area contributed by atoms with Crippen LogP contribution in [0.3, 0.4) is 0 Å². The summed E-state index contributed by atoms with van der Waals surface area (Å²) in [6, 6.07) is 4.06. The van der Waals surface area contributed by atoms with Crippen molar-refractivity contribution in [1.82, 2.24) is 9.97 Å². The molecule has 0 aliphatic rings. The van der Waals surface area contributed by atoms with Crippen LogP contribution >= 0.6 is 0 Å². The van der Waals surface area contributed by atoms with E-state index < -0.39 is 11.6 Å². The molecule has 0 atom stereocenters. The number of ether oxygens (including phenoxy) is 1. The fourth-order valence-corrected chi connectivity index (χ4v) is 1.18. The normalized spacial score (nSPS) is 10.2. The third-order valence-corrected chi connectivity index (χ3v) is 1.85. The summed E-state index contributed by atoms with van der Waals surface area (Å²) in [6.45, 7) is 0. The summed E-state index contributed by atoms with van der Waals surface area (Å²) >= 11 is 0. The summed E-state index contributed by atoms with van der Waals surface area (Å²) in [5.74, 6) is -1.75. The quantitative estimate of drug-likeness (QED) is 0.831. The highest BCUT2D eigenvalue weighted by Gasteiger charge is 2.08. The van der Waals surface area contributed by atoms with Gasteiger partial charge in [0.1, 0.15) is 11.6 Å². The summed E-state index contributed by atoms with van der Waals surface area (Å²) in [6.07, 6.45) is 0. The monoisotopic (exact) mass is 238 g/mol. The molecule has 0 aliphatic heterocycles. The zero-order chi connectivity index (χ0) is 12.4. The Morgan fingerprint density at radius 2 is 1.82 bits per heavy atom. The molecule has 2 rings (SSSR count). The molecule has 0 saturated carbocycles. The number of nitrogens with two attached hydrogens (primary N) is 2. The van der Waals surface area contributed by atoms with E-state index in [4.69, 9.17) is 16.2 Å². The Labute approximate surface area is 95.1 Å². The molecule has 0 bridgehead atoms. The molecule has 0 amide bonds. The molecular formula is C10H8F2N4O. The van der Waals surface area contributed by atoms with E-state index in [0.29, 0.717) is 0 Å². The van der Waals surface area contributed by atoms with Gasteiger partial charge in [0.25, 0.3) is 0 Å². The lowest BCUT2D eigenvalue weighted by atomic mass is 10.3. The number of hydrogen-bond acceptors (Lipinski definition) is 5. The second-order valence-electron chi connectivity index (χ2n) is 3.17. The maximum absolute atomic E-state index is 13.3. The molecule has 0 aliphatic carbocycles. The van der Waals surface area contributed by atoms with Gasteiger partial charge in [-0.05, 0) is 12.1 Å². The standard InChI is InChI=1S/C10H8F2N4O/c11-5-1-2-6(12)7(3-5)17-9-4-8(13)15-10(14)16-9/h1-4H,(H4,13,14,15,16). The van der Waals surface area contributed by atoms with Crippen molar-refractivity contribution >= 4 is 11.8 Å². The number of aromatic nitrogens is 2. The van der Waals surface area contributed by atoms with Crippen molar-refractivity contribution in [2.75, 3.05) is 11.5 Å². The van der Waals surface area contributed by atoms with Gasteiger partial charge in [-0.15, -0.1) is 0 Å². The van der Waals surface area contributed by atoms with E-state index in [-0.39, 0.29) is 23.4 Å². The van der Waals surface area contributed by atoms with Crippen molar-refractivity contribution in [2.24, 2.45) is 0 Å². The first-order chi connectivity index (χ1) is 8.04. The van der Waals surface area contributed by atoms with Crippen LogP contribution in [0.15, 0.2) is 24.3 Å². The highest BCUT2D eigenvalue weighted by molar-refractivity contribution is 5.40. The number of benzene rings is 1. The molecule has 0 fully saturated rings. The Morgan fingerprint density at radius 1 is 1.06 bits per heavy atom. The molecule has 2 aromatic rings. The Balaban J connectivity index is 2.34. The third kappa shape index (κ3) is 2.57. The highest BCUT2D eigenvalue weighted by atomic mass is 19.1. The van der Waals surface area contributed by atoms with Gasteiger partial charge in [0.05, 0.1) is 0 Å². The smallest absolute Gasteiger partial charge is 0.226 e. The average Bonchev–Trinajstić information content (AvgIpc) is 2.22. The van der Waals surface area contributed by atoms with Crippen LogP contribution in [0.5, 0.6) is 11.6 Å². The van der Waals surface area contributed by atoms with E-state index >= 15 is 0 Å². The van der Waals surface area contributed by atoms with Crippen LogP contribution in [0.4, 0.5) is 20.5 Å². The number of rotatable bonds is 2. The number of nitrogens with zero attached hydrogens (tertiary/aromatic N) is 2. The number of hydrogen-bond donors (Lipinski definition) is 2. The molecule has 1 heterocycles. The van der Waals surface area contributed by atoms with E-state index in [0.717, 1.165) is 18.2 Å². The van der Waals surface area contributed by atoms with Gasteiger partial charge in [-0.3, -0.25) is 0 Å². The molecule has 1 aromatic heterocycles. The zero-order valence-electron chi connectivity index (χ0n) is 8.52. The molecule has 0 spiro atoms. The fourth-order valence-electron chi connectivity index (χ4n) is 1.18. The van der Waals surface area contributed by atoms with E-state index in [1.807, 2.05) is 0 Å².